The molecule has 4 nitrogen and oxygen atoms in total. The Hall–Kier alpha value is -5.48. The molecule has 0 unspecified atom stereocenters. The maximum Gasteiger partial charge on any atom is 0.138 e. The molecule has 0 aliphatic rings. The number of pyridine rings is 3. The van der Waals surface area contributed by atoms with Gasteiger partial charge >= 0.3 is 0 Å². The van der Waals surface area contributed by atoms with E-state index in [9.17, 15) is 0 Å². The van der Waals surface area contributed by atoms with Gasteiger partial charge in [0.1, 0.15) is 5.82 Å². The number of rotatable bonds is 2. The van der Waals surface area contributed by atoms with E-state index in [1.807, 2.05) is 24.5 Å². The zero-order valence-electron chi connectivity index (χ0n) is 21.5. The van der Waals surface area contributed by atoms with E-state index in [0.29, 0.717) is 0 Å². The van der Waals surface area contributed by atoms with Gasteiger partial charge in [-0.15, -0.1) is 0 Å². The van der Waals surface area contributed by atoms with Crippen LogP contribution in [0.25, 0.3) is 77.0 Å². The molecule has 9 rings (SSSR count). The van der Waals surface area contributed by atoms with Crippen molar-refractivity contribution < 1.29 is 0 Å². The van der Waals surface area contributed by atoms with Crippen LogP contribution in [0.15, 0.2) is 134 Å². The maximum absolute atomic E-state index is 5.20. The number of benzene rings is 4. The standard InChI is InChI=1S/C36H22N4/c1-5-13-30-24(8-1)22-33-25-9-2-3-11-27(25)35-32(39(30)33)17-16-28-26-10-4-6-14-31(26)40(36(28)35)34-15-7-12-29(38-34)23-18-20-37-21-19-23/h1-22H. The van der Waals surface area contributed by atoms with Gasteiger partial charge in [0.25, 0.3) is 0 Å². The highest BCUT2D eigenvalue weighted by atomic mass is 15.1. The Labute approximate surface area is 229 Å². The lowest BCUT2D eigenvalue weighted by atomic mass is 10.0. The van der Waals surface area contributed by atoms with Gasteiger partial charge in [-0.2, -0.15) is 0 Å². The van der Waals surface area contributed by atoms with Crippen LogP contribution in [0.4, 0.5) is 0 Å². The second-order valence-corrected chi connectivity index (χ2v) is 10.3. The van der Waals surface area contributed by atoms with Crippen LogP contribution in [0.3, 0.4) is 0 Å². The summed E-state index contributed by atoms with van der Waals surface area (Å²) in [6, 6.07) is 43.3. The molecule has 0 N–H and O–H groups in total. The number of para-hydroxylation sites is 2. The molecule has 9 aromatic rings. The van der Waals surface area contributed by atoms with Crippen molar-refractivity contribution >= 4 is 59.9 Å². The molecule has 0 aliphatic heterocycles. The molecule has 0 aliphatic carbocycles. The van der Waals surface area contributed by atoms with Crippen molar-refractivity contribution in [3.05, 3.63) is 134 Å². The second kappa shape index (κ2) is 8.01. The van der Waals surface area contributed by atoms with E-state index in [2.05, 4.69) is 123 Å². The fourth-order valence-electron chi connectivity index (χ4n) is 6.51. The number of hydrogen-bond donors (Lipinski definition) is 0. The summed E-state index contributed by atoms with van der Waals surface area (Å²) in [4.78, 5) is 9.40. The molecular weight excluding hydrogens is 488 g/mol. The fourth-order valence-corrected chi connectivity index (χ4v) is 6.51. The Kier molecular flexibility index (Phi) is 4.30. The van der Waals surface area contributed by atoms with E-state index in [1.165, 1.54) is 54.4 Å². The zero-order valence-corrected chi connectivity index (χ0v) is 21.5. The van der Waals surface area contributed by atoms with E-state index < -0.39 is 0 Å². The van der Waals surface area contributed by atoms with Crippen LogP contribution < -0.4 is 0 Å². The SMILES string of the molecule is c1cc(-c2ccncc2)nc(-n2c3ccccc3c3ccc4c(c5ccccc5c5cc6ccccc6n54)c32)c1. The predicted octanol–water partition coefficient (Wildman–Crippen LogP) is 8.95. The molecule has 40 heavy (non-hydrogen) atoms. The molecule has 5 aromatic heterocycles. The number of aromatic nitrogens is 4. The Morgan fingerprint density at radius 1 is 0.500 bits per heavy atom. The second-order valence-electron chi connectivity index (χ2n) is 10.3. The smallest absolute Gasteiger partial charge is 0.138 e. The normalized spacial score (nSPS) is 12.0. The van der Waals surface area contributed by atoms with E-state index in [0.717, 1.165) is 22.6 Å². The van der Waals surface area contributed by atoms with Gasteiger partial charge in [-0.1, -0.05) is 72.8 Å². The van der Waals surface area contributed by atoms with Crippen LogP contribution in [0, 0.1) is 0 Å². The molecule has 4 aromatic carbocycles. The summed E-state index contributed by atoms with van der Waals surface area (Å²) >= 11 is 0. The van der Waals surface area contributed by atoms with Crippen LogP contribution in [0.5, 0.6) is 0 Å². The monoisotopic (exact) mass is 510 g/mol. The number of nitrogens with zero attached hydrogens (tertiary/aromatic N) is 4. The van der Waals surface area contributed by atoms with Gasteiger partial charge in [0.05, 0.1) is 33.3 Å². The first-order chi connectivity index (χ1) is 19.9. The van der Waals surface area contributed by atoms with Gasteiger partial charge in [-0.05, 0) is 53.9 Å². The van der Waals surface area contributed by atoms with E-state index in [4.69, 9.17) is 4.98 Å². The minimum atomic E-state index is 0.898. The quantitative estimate of drug-likeness (QED) is 0.218. The van der Waals surface area contributed by atoms with Gasteiger partial charge in [0.15, 0.2) is 0 Å². The van der Waals surface area contributed by atoms with Crippen molar-refractivity contribution in [2.45, 2.75) is 0 Å². The molecule has 0 amide bonds. The summed E-state index contributed by atoms with van der Waals surface area (Å²) in [7, 11) is 0. The van der Waals surface area contributed by atoms with Crippen molar-refractivity contribution in [1.82, 2.24) is 18.9 Å². The Morgan fingerprint density at radius 3 is 2.08 bits per heavy atom. The molecule has 0 bridgehead atoms. The zero-order chi connectivity index (χ0) is 26.2. The van der Waals surface area contributed by atoms with Gasteiger partial charge in [0, 0.05) is 44.9 Å². The first-order valence-corrected chi connectivity index (χ1v) is 13.5. The summed E-state index contributed by atoms with van der Waals surface area (Å²) in [5.41, 5.74) is 7.93. The predicted molar refractivity (Wildman–Crippen MR) is 165 cm³/mol. The topological polar surface area (TPSA) is 35.1 Å². The molecular formula is C36H22N4. The van der Waals surface area contributed by atoms with Crippen molar-refractivity contribution in [3.63, 3.8) is 0 Å². The van der Waals surface area contributed by atoms with Crippen molar-refractivity contribution in [1.29, 1.82) is 0 Å². The number of fused-ring (bicyclic) bond motifs is 12. The molecule has 0 spiro atoms. The highest BCUT2D eigenvalue weighted by molar-refractivity contribution is 6.27. The molecule has 0 saturated heterocycles. The summed E-state index contributed by atoms with van der Waals surface area (Å²) < 4.78 is 4.77. The minimum absolute atomic E-state index is 0.898. The average Bonchev–Trinajstić information content (AvgIpc) is 3.58. The lowest BCUT2D eigenvalue weighted by Crippen LogP contribution is -2.00. The molecule has 0 fully saturated rings. The van der Waals surface area contributed by atoms with Crippen molar-refractivity contribution in [3.8, 4) is 17.1 Å². The molecule has 5 heterocycles. The number of hydrogen-bond acceptors (Lipinski definition) is 2. The van der Waals surface area contributed by atoms with Crippen LogP contribution >= 0.6 is 0 Å². The molecule has 0 radical (unpaired) electrons. The third-order valence-electron chi connectivity index (χ3n) is 8.18. The van der Waals surface area contributed by atoms with Gasteiger partial charge in [-0.3, -0.25) is 9.55 Å². The fraction of sp³-hybridized carbons (Fsp3) is 0. The largest absolute Gasteiger partial charge is 0.309 e. The van der Waals surface area contributed by atoms with Gasteiger partial charge < -0.3 is 4.40 Å². The first-order valence-electron chi connectivity index (χ1n) is 13.5. The van der Waals surface area contributed by atoms with Crippen molar-refractivity contribution in [2.75, 3.05) is 0 Å². The Balaban J connectivity index is 1.52. The summed E-state index contributed by atoms with van der Waals surface area (Å²) in [5.74, 6) is 0.898. The van der Waals surface area contributed by atoms with Crippen LogP contribution in [-0.4, -0.2) is 18.9 Å². The van der Waals surface area contributed by atoms with Gasteiger partial charge in [-0.25, -0.2) is 4.98 Å². The summed E-state index contributed by atoms with van der Waals surface area (Å²) in [6.07, 6.45) is 3.63. The minimum Gasteiger partial charge on any atom is -0.309 e. The maximum atomic E-state index is 5.20. The third-order valence-corrected chi connectivity index (χ3v) is 8.18. The highest BCUT2D eigenvalue weighted by Gasteiger charge is 2.20. The summed E-state index contributed by atoms with van der Waals surface area (Å²) in [5, 5.41) is 7.40. The molecule has 0 atom stereocenters. The van der Waals surface area contributed by atoms with Crippen LogP contribution in [0.1, 0.15) is 0 Å². The molecule has 4 heteroatoms. The van der Waals surface area contributed by atoms with Crippen LogP contribution in [0.2, 0.25) is 0 Å². The highest BCUT2D eigenvalue weighted by Crippen LogP contribution is 2.41. The van der Waals surface area contributed by atoms with E-state index >= 15 is 0 Å². The average molecular weight is 511 g/mol. The van der Waals surface area contributed by atoms with Crippen LogP contribution in [-0.2, 0) is 0 Å². The molecule has 0 saturated carbocycles. The van der Waals surface area contributed by atoms with Crippen molar-refractivity contribution in [2.24, 2.45) is 0 Å². The third kappa shape index (κ3) is 2.85. The Bertz CT molecular complexity index is 2430. The molecule has 186 valence electrons. The lowest BCUT2D eigenvalue weighted by molar-refractivity contribution is 1.09. The lowest BCUT2D eigenvalue weighted by Gasteiger charge is -2.14. The van der Waals surface area contributed by atoms with E-state index in [1.54, 1.807) is 0 Å². The van der Waals surface area contributed by atoms with Gasteiger partial charge in [0.2, 0.25) is 0 Å². The first kappa shape index (κ1) is 21.5. The summed E-state index contributed by atoms with van der Waals surface area (Å²) in [6.45, 7) is 0. The Morgan fingerprint density at radius 2 is 1.23 bits per heavy atom. The van der Waals surface area contributed by atoms with E-state index in [-0.39, 0.29) is 0 Å².